The number of amides is 1. The van der Waals surface area contributed by atoms with E-state index in [1.54, 1.807) is 36.0 Å². The van der Waals surface area contributed by atoms with Crippen LogP contribution in [0.15, 0.2) is 54.6 Å². The minimum Gasteiger partial charge on any atom is -0.406 e. The highest BCUT2D eigenvalue weighted by Gasteiger charge is 2.30. The number of para-hydroxylation sites is 1. The van der Waals surface area contributed by atoms with Crippen LogP contribution in [0.3, 0.4) is 0 Å². The maximum atomic E-state index is 12.3. The van der Waals surface area contributed by atoms with Gasteiger partial charge in [0.15, 0.2) is 0 Å². The Morgan fingerprint density at radius 2 is 1.60 bits per heavy atom. The number of nitrogens with zero attached hydrogens (tertiary/aromatic N) is 2. The van der Waals surface area contributed by atoms with Crippen LogP contribution in [-0.4, -0.2) is 37.8 Å². The number of hydrogen-bond donors (Lipinski definition) is 0. The van der Waals surface area contributed by atoms with E-state index in [0.717, 1.165) is 11.3 Å². The Bertz CT molecular complexity index is 688. The molecule has 1 amide bonds. The summed E-state index contributed by atoms with van der Waals surface area (Å²) < 4.78 is 40.2. The van der Waals surface area contributed by atoms with Crippen molar-refractivity contribution in [3.05, 3.63) is 60.2 Å². The van der Waals surface area contributed by atoms with E-state index >= 15 is 0 Å². The topological polar surface area (TPSA) is 32.8 Å². The molecule has 0 bridgehead atoms. The predicted molar refractivity (Wildman–Crippen MR) is 89.3 cm³/mol. The molecule has 7 heteroatoms. The van der Waals surface area contributed by atoms with Crippen molar-refractivity contribution in [3.63, 3.8) is 0 Å². The number of hydrogen-bond acceptors (Lipinski definition) is 3. The molecule has 2 aromatic rings. The Morgan fingerprint density at radius 3 is 2.16 bits per heavy atom. The second-order valence-electron chi connectivity index (χ2n) is 5.65. The highest BCUT2D eigenvalue weighted by Crippen LogP contribution is 2.23. The maximum absolute atomic E-state index is 12.3. The molecule has 0 aromatic heterocycles. The van der Waals surface area contributed by atoms with Crippen molar-refractivity contribution in [2.24, 2.45) is 0 Å². The summed E-state index contributed by atoms with van der Waals surface area (Å²) >= 11 is 0. The van der Waals surface area contributed by atoms with Crippen molar-refractivity contribution in [2.45, 2.75) is 12.9 Å². The summed E-state index contributed by atoms with van der Waals surface area (Å²) in [6.07, 6.45) is -4.70. The van der Waals surface area contributed by atoms with Crippen molar-refractivity contribution < 1.29 is 22.7 Å². The molecule has 25 heavy (non-hydrogen) atoms. The molecule has 0 aliphatic rings. The molecule has 0 atom stereocenters. The fraction of sp³-hybridized carbons (Fsp3) is 0.278. The molecule has 0 spiro atoms. The largest absolute Gasteiger partial charge is 0.573 e. The molecule has 134 valence electrons. The highest BCUT2D eigenvalue weighted by molar-refractivity contribution is 5.94. The van der Waals surface area contributed by atoms with Gasteiger partial charge >= 0.3 is 6.36 Å². The van der Waals surface area contributed by atoms with E-state index in [4.69, 9.17) is 0 Å². The molecule has 0 saturated carbocycles. The third-order valence-electron chi connectivity index (χ3n) is 3.53. The Hall–Kier alpha value is -2.54. The molecule has 0 aliphatic carbocycles. The first-order valence-corrected chi connectivity index (χ1v) is 7.59. The fourth-order valence-electron chi connectivity index (χ4n) is 2.30. The van der Waals surface area contributed by atoms with Crippen LogP contribution in [0.4, 0.5) is 18.9 Å². The number of alkyl halides is 3. The maximum Gasteiger partial charge on any atom is 0.573 e. The lowest BCUT2D eigenvalue weighted by Crippen LogP contribution is -2.36. The zero-order valence-corrected chi connectivity index (χ0v) is 14.0. The van der Waals surface area contributed by atoms with Gasteiger partial charge in [-0.3, -0.25) is 9.69 Å². The third kappa shape index (κ3) is 6.11. The minimum atomic E-state index is -4.70. The van der Waals surface area contributed by atoms with Gasteiger partial charge < -0.3 is 9.64 Å². The summed E-state index contributed by atoms with van der Waals surface area (Å²) in [5.74, 6) is -0.343. The van der Waals surface area contributed by atoms with Crippen molar-refractivity contribution in [3.8, 4) is 5.75 Å². The summed E-state index contributed by atoms with van der Waals surface area (Å²) in [7, 11) is 3.48. The van der Waals surface area contributed by atoms with Gasteiger partial charge in [-0.1, -0.05) is 30.3 Å². The average molecular weight is 352 g/mol. The summed E-state index contributed by atoms with van der Waals surface area (Å²) in [6.45, 7) is 0.618. The number of likely N-dealkylation sites (N-methyl/N-ethyl adjacent to an activating group) is 2. The first-order chi connectivity index (χ1) is 11.7. The first kappa shape index (κ1) is 18.8. The van der Waals surface area contributed by atoms with Gasteiger partial charge in [0.1, 0.15) is 5.75 Å². The Morgan fingerprint density at radius 1 is 1.00 bits per heavy atom. The lowest BCUT2D eigenvalue weighted by Gasteiger charge is -2.22. The molecule has 2 aromatic carbocycles. The smallest absolute Gasteiger partial charge is 0.406 e. The average Bonchev–Trinajstić information content (AvgIpc) is 2.55. The van der Waals surface area contributed by atoms with Crippen molar-refractivity contribution >= 4 is 11.6 Å². The molecule has 0 N–H and O–H groups in total. The molecular weight excluding hydrogens is 333 g/mol. The van der Waals surface area contributed by atoms with Crippen LogP contribution < -0.4 is 9.64 Å². The zero-order chi connectivity index (χ0) is 18.4. The van der Waals surface area contributed by atoms with Crippen molar-refractivity contribution in [2.75, 3.05) is 25.5 Å². The van der Waals surface area contributed by atoms with Crippen LogP contribution >= 0.6 is 0 Å². The second-order valence-corrected chi connectivity index (χ2v) is 5.65. The van der Waals surface area contributed by atoms with Gasteiger partial charge in [0.25, 0.3) is 0 Å². The van der Waals surface area contributed by atoms with Crippen molar-refractivity contribution in [1.29, 1.82) is 0 Å². The van der Waals surface area contributed by atoms with E-state index < -0.39 is 6.36 Å². The molecule has 0 unspecified atom stereocenters. The van der Waals surface area contributed by atoms with Gasteiger partial charge in [-0.05, 0) is 36.9 Å². The van der Waals surface area contributed by atoms with E-state index in [9.17, 15) is 18.0 Å². The summed E-state index contributed by atoms with van der Waals surface area (Å²) in [5.41, 5.74) is 1.58. The SMILES string of the molecule is CN(CC(=O)N(C)c1ccccc1)Cc1ccc(OC(F)(F)F)cc1. The summed E-state index contributed by atoms with van der Waals surface area (Å²) in [5, 5.41) is 0. The quantitative estimate of drug-likeness (QED) is 0.795. The molecule has 4 nitrogen and oxygen atoms in total. The van der Waals surface area contributed by atoms with Crippen LogP contribution in [0.5, 0.6) is 5.75 Å². The Kier molecular flexibility index (Phi) is 6.03. The summed E-state index contributed by atoms with van der Waals surface area (Å²) in [4.78, 5) is 15.7. The van der Waals surface area contributed by atoms with E-state index in [2.05, 4.69) is 4.74 Å². The van der Waals surface area contributed by atoms with Crippen molar-refractivity contribution in [1.82, 2.24) is 4.90 Å². The van der Waals surface area contributed by atoms with E-state index in [0.29, 0.717) is 6.54 Å². The molecular formula is C18H19F3N2O2. The fourth-order valence-corrected chi connectivity index (χ4v) is 2.30. The number of halogens is 3. The van der Waals surface area contributed by atoms with Crippen LogP contribution in [0.2, 0.25) is 0 Å². The van der Waals surface area contributed by atoms with Crippen LogP contribution in [-0.2, 0) is 11.3 Å². The van der Waals surface area contributed by atoms with Gasteiger partial charge in [0.05, 0.1) is 6.54 Å². The Balaban J connectivity index is 1.89. The van der Waals surface area contributed by atoms with Gasteiger partial charge in [-0.2, -0.15) is 0 Å². The standard InChI is InChI=1S/C18H19F3N2O2/c1-22(13-17(24)23(2)15-6-4-3-5-7-15)12-14-8-10-16(11-9-14)25-18(19,20)21/h3-11H,12-13H2,1-2H3. The van der Waals surface area contributed by atoms with E-state index in [1.165, 1.54) is 12.1 Å². The third-order valence-corrected chi connectivity index (χ3v) is 3.53. The molecule has 2 rings (SSSR count). The number of ether oxygens (including phenoxy) is 1. The molecule has 0 radical (unpaired) electrons. The van der Waals surface area contributed by atoms with Gasteiger partial charge in [0.2, 0.25) is 5.91 Å². The molecule has 0 fully saturated rings. The molecule has 0 aliphatic heterocycles. The number of anilines is 1. The monoisotopic (exact) mass is 352 g/mol. The van der Waals surface area contributed by atoms with Crippen LogP contribution in [0, 0.1) is 0 Å². The minimum absolute atomic E-state index is 0.0780. The first-order valence-electron chi connectivity index (χ1n) is 7.59. The summed E-state index contributed by atoms with van der Waals surface area (Å²) in [6, 6.07) is 14.9. The molecule has 0 saturated heterocycles. The lowest BCUT2D eigenvalue weighted by atomic mass is 10.2. The number of benzene rings is 2. The van der Waals surface area contributed by atoms with Gasteiger partial charge in [0, 0.05) is 19.3 Å². The Labute approximate surface area is 144 Å². The van der Waals surface area contributed by atoms with E-state index in [-0.39, 0.29) is 18.2 Å². The number of carbonyl (C=O) groups is 1. The zero-order valence-electron chi connectivity index (χ0n) is 14.0. The van der Waals surface area contributed by atoms with Gasteiger partial charge in [-0.15, -0.1) is 13.2 Å². The number of rotatable bonds is 6. The predicted octanol–water partition coefficient (Wildman–Crippen LogP) is 3.68. The normalized spacial score (nSPS) is 11.4. The van der Waals surface area contributed by atoms with Gasteiger partial charge in [-0.25, -0.2) is 0 Å². The van der Waals surface area contributed by atoms with E-state index in [1.807, 2.05) is 30.3 Å². The number of carbonyl (C=O) groups excluding carboxylic acids is 1. The van der Waals surface area contributed by atoms with Crippen LogP contribution in [0.1, 0.15) is 5.56 Å². The lowest BCUT2D eigenvalue weighted by molar-refractivity contribution is -0.274. The highest BCUT2D eigenvalue weighted by atomic mass is 19.4. The molecule has 0 heterocycles. The second kappa shape index (κ2) is 8.02. The van der Waals surface area contributed by atoms with Crippen LogP contribution in [0.25, 0.3) is 0 Å².